The summed E-state index contributed by atoms with van der Waals surface area (Å²) in [6.07, 6.45) is 3.19. The highest BCUT2D eigenvalue weighted by molar-refractivity contribution is 5.93. The van der Waals surface area contributed by atoms with Gasteiger partial charge in [-0.1, -0.05) is 18.2 Å². The van der Waals surface area contributed by atoms with Crippen LogP contribution in [0.2, 0.25) is 0 Å². The van der Waals surface area contributed by atoms with E-state index in [0.29, 0.717) is 25.4 Å². The molecule has 1 aromatic carbocycles. The topological polar surface area (TPSA) is 74.6 Å². The fraction of sp³-hybridized carbons (Fsp3) is 0.333. The summed E-state index contributed by atoms with van der Waals surface area (Å²) in [5, 5.41) is 5.74. The Morgan fingerprint density at radius 1 is 1.17 bits per heavy atom. The number of hydrogen-bond acceptors (Lipinski definition) is 3. The molecule has 6 heteroatoms. The molecule has 6 nitrogen and oxygen atoms in total. The van der Waals surface area contributed by atoms with Crippen LogP contribution in [0, 0.1) is 5.92 Å². The number of furan rings is 1. The molecule has 0 spiro atoms. The number of urea groups is 1. The minimum absolute atomic E-state index is 0.0373. The minimum atomic E-state index is -0.187. The zero-order chi connectivity index (χ0) is 16.8. The summed E-state index contributed by atoms with van der Waals surface area (Å²) in [6, 6.07) is 12.8. The Morgan fingerprint density at radius 3 is 2.75 bits per heavy atom. The molecular weight excluding hydrogens is 306 g/mol. The Morgan fingerprint density at radius 2 is 2.00 bits per heavy atom. The van der Waals surface area contributed by atoms with Crippen LogP contribution in [0.5, 0.6) is 0 Å². The van der Waals surface area contributed by atoms with E-state index in [1.807, 2.05) is 36.4 Å². The van der Waals surface area contributed by atoms with Gasteiger partial charge in [-0.05, 0) is 37.1 Å². The fourth-order valence-electron chi connectivity index (χ4n) is 2.83. The monoisotopic (exact) mass is 327 g/mol. The summed E-state index contributed by atoms with van der Waals surface area (Å²) in [7, 11) is 0. The van der Waals surface area contributed by atoms with Gasteiger partial charge >= 0.3 is 6.03 Å². The van der Waals surface area contributed by atoms with Crippen molar-refractivity contribution in [2.45, 2.75) is 19.4 Å². The van der Waals surface area contributed by atoms with Gasteiger partial charge in [0.25, 0.3) is 0 Å². The van der Waals surface area contributed by atoms with Gasteiger partial charge in [0.15, 0.2) is 0 Å². The number of benzene rings is 1. The predicted molar refractivity (Wildman–Crippen MR) is 90.3 cm³/mol. The molecule has 3 rings (SSSR count). The van der Waals surface area contributed by atoms with Crippen molar-refractivity contribution in [3.63, 3.8) is 0 Å². The molecule has 1 aromatic heterocycles. The average Bonchev–Trinajstić information content (AvgIpc) is 3.14. The van der Waals surface area contributed by atoms with Crippen LogP contribution < -0.4 is 10.6 Å². The van der Waals surface area contributed by atoms with E-state index in [2.05, 4.69) is 10.6 Å². The van der Waals surface area contributed by atoms with Gasteiger partial charge in [-0.2, -0.15) is 0 Å². The van der Waals surface area contributed by atoms with E-state index >= 15 is 0 Å². The lowest BCUT2D eigenvalue weighted by Gasteiger charge is -2.32. The van der Waals surface area contributed by atoms with E-state index < -0.39 is 0 Å². The molecule has 2 aromatic rings. The highest BCUT2D eigenvalue weighted by atomic mass is 16.3. The largest absolute Gasteiger partial charge is 0.467 e. The van der Waals surface area contributed by atoms with Crippen molar-refractivity contribution < 1.29 is 14.0 Å². The molecule has 1 saturated heterocycles. The van der Waals surface area contributed by atoms with E-state index in [9.17, 15) is 9.59 Å². The molecule has 24 heavy (non-hydrogen) atoms. The Balaban J connectivity index is 1.51. The first-order chi connectivity index (χ1) is 11.7. The zero-order valence-electron chi connectivity index (χ0n) is 13.4. The van der Waals surface area contributed by atoms with Crippen LogP contribution in [-0.4, -0.2) is 29.9 Å². The van der Waals surface area contributed by atoms with Crippen molar-refractivity contribution in [1.82, 2.24) is 10.2 Å². The Kier molecular flexibility index (Phi) is 5.15. The lowest BCUT2D eigenvalue weighted by atomic mass is 9.97. The second-order valence-electron chi connectivity index (χ2n) is 5.88. The number of anilines is 1. The molecule has 1 aliphatic heterocycles. The van der Waals surface area contributed by atoms with Gasteiger partial charge in [-0.15, -0.1) is 0 Å². The summed E-state index contributed by atoms with van der Waals surface area (Å²) in [6.45, 7) is 1.45. The molecule has 1 atom stereocenters. The van der Waals surface area contributed by atoms with E-state index in [0.717, 1.165) is 18.5 Å². The summed E-state index contributed by atoms with van der Waals surface area (Å²) in [5.74, 6) is 0.483. The van der Waals surface area contributed by atoms with Crippen molar-refractivity contribution in [1.29, 1.82) is 0 Å². The number of nitrogens with zero attached hydrogens (tertiary/aromatic N) is 1. The summed E-state index contributed by atoms with van der Waals surface area (Å²) < 4.78 is 5.20. The molecule has 1 fully saturated rings. The highest BCUT2D eigenvalue weighted by Gasteiger charge is 2.28. The normalized spacial score (nSPS) is 17.3. The number of hydrogen-bond donors (Lipinski definition) is 2. The average molecular weight is 327 g/mol. The molecule has 2 N–H and O–H groups in total. The molecule has 0 bridgehead atoms. The Hall–Kier alpha value is -2.76. The first kappa shape index (κ1) is 16.1. The van der Waals surface area contributed by atoms with Gasteiger partial charge in [0.1, 0.15) is 5.76 Å². The van der Waals surface area contributed by atoms with Crippen molar-refractivity contribution in [2.24, 2.45) is 5.92 Å². The van der Waals surface area contributed by atoms with Crippen LogP contribution in [0.4, 0.5) is 10.5 Å². The van der Waals surface area contributed by atoms with E-state index in [1.165, 1.54) is 0 Å². The Bertz CT molecular complexity index is 670. The maximum atomic E-state index is 12.4. The number of amides is 3. The number of carbonyl (C=O) groups excluding carboxylic acids is 2. The molecule has 1 unspecified atom stereocenters. The van der Waals surface area contributed by atoms with Crippen molar-refractivity contribution in [3.05, 3.63) is 54.5 Å². The SMILES string of the molecule is O=C(Nc1ccccc1)C1CCCN(C(=O)NCc2ccco2)C1. The quantitative estimate of drug-likeness (QED) is 0.907. The lowest BCUT2D eigenvalue weighted by Crippen LogP contribution is -2.47. The van der Waals surface area contributed by atoms with Crippen LogP contribution in [-0.2, 0) is 11.3 Å². The molecule has 0 radical (unpaired) electrons. The van der Waals surface area contributed by atoms with E-state index in [1.54, 1.807) is 17.2 Å². The van der Waals surface area contributed by atoms with E-state index in [-0.39, 0.29) is 17.9 Å². The maximum Gasteiger partial charge on any atom is 0.317 e. The second kappa shape index (κ2) is 7.68. The van der Waals surface area contributed by atoms with Gasteiger partial charge in [-0.3, -0.25) is 4.79 Å². The second-order valence-corrected chi connectivity index (χ2v) is 5.88. The minimum Gasteiger partial charge on any atom is -0.467 e. The van der Waals surface area contributed by atoms with Crippen LogP contribution in [0.15, 0.2) is 53.1 Å². The third kappa shape index (κ3) is 4.16. The van der Waals surface area contributed by atoms with Crippen molar-refractivity contribution in [3.8, 4) is 0 Å². The number of piperidine rings is 1. The standard InChI is InChI=1S/C18H21N3O3/c22-17(20-15-7-2-1-3-8-15)14-6-4-10-21(13-14)18(23)19-12-16-9-5-11-24-16/h1-3,5,7-9,11,14H,4,6,10,12-13H2,(H,19,23)(H,20,22). The van der Waals surface area contributed by atoms with Crippen LogP contribution in [0.3, 0.4) is 0 Å². The van der Waals surface area contributed by atoms with Crippen LogP contribution >= 0.6 is 0 Å². The summed E-state index contributed by atoms with van der Waals surface area (Å²) >= 11 is 0. The third-order valence-corrected chi connectivity index (χ3v) is 4.11. The first-order valence-corrected chi connectivity index (χ1v) is 8.13. The summed E-state index contributed by atoms with van der Waals surface area (Å²) in [5.41, 5.74) is 0.780. The Labute approximate surface area is 140 Å². The number of nitrogens with one attached hydrogen (secondary N) is 2. The highest BCUT2D eigenvalue weighted by Crippen LogP contribution is 2.19. The van der Waals surface area contributed by atoms with E-state index in [4.69, 9.17) is 4.42 Å². The molecule has 126 valence electrons. The molecule has 1 aliphatic rings. The van der Waals surface area contributed by atoms with Gasteiger partial charge in [0.05, 0.1) is 18.7 Å². The number of likely N-dealkylation sites (tertiary alicyclic amines) is 1. The first-order valence-electron chi connectivity index (χ1n) is 8.13. The van der Waals surface area contributed by atoms with Crippen LogP contribution in [0.1, 0.15) is 18.6 Å². The molecule has 3 amide bonds. The molecular formula is C18H21N3O3. The number of para-hydroxylation sites is 1. The zero-order valence-corrected chi connectivity index (χ0v) is 13.4. The number of carbonyl (C=O) groups is 2. The van der Waals surface area contributed by atoms with Gasteiger partial charge in [0, 0.05) is 18.8 Å². The van der Waals surface area contributed by atoms with Crippen LogP contribution in [0.25, 0.3) is 0 Å². The summed E-state index contributed by atoms with van der Waals surface area (Å²) in [4.78, 5) is 26.4. The molecule has 2 heterocycles. The van der Waals surface area contributed by atoms with Crippen molar-refractivity contribution in [2.75, 3.05) is 18.4 Å². The van der Waals surface area contributed by atoms with Crippen molar-refractivity contribution >= 4 is 17.6 Å². The molecule has 0 aliphatic carbocycles. The predicted octanol–water partition coefficient (Wildman–Crippen LogP) is 2.84. The smallest absolute Gasteiger partial charge is 0.317 e. The van der Waals surface area contributed by atoms with Gasteiger partial charge in [0.2, 0.25) is 5.91 Å². The van der Waals surface area contributed by atoms with Gasteiger partial charge < -0.3 is 20.0 Å². The maximum absolute atomic E-state index is 12.4. The number of rotatable bonds is 4. The third-order valence-electron chi connectivity index (χ3n) is 4.11. The fourth-order valence-corrected chi connectivity index (χ4v) is 2.83. The molecule has 0 saturated carbocycles. The lowest BCUT2D eigenvalue weighted by molar-refractivity contribution is -0.121. The van der Waals surface area contributed by atoms with Gasteiger partial charge in [-0.25, -0.2) is 4.79 Å².